The second kappa shape index (κ2) is 8.02. The van der Waals surface area contributed by atoms with Gasteiger partial charge in [0.25, 0.3) is 0 Å². The van der Waals surface area contributed by atoms with Gasteiger partial charge in [0.1, 0.15) is 0 Å². The van der Waals surface area contributed by atoms with Crippen LogP contribution >= 0.6 is 0 Å². The molecule has 0 aromatic heterocycles. The molecular weight excluding hydrogens is 244 g/mol. The zero-order chi connectivity index (χ0) is 14.3. The van der Waals surface area contributed by atoms with Crippen LogP contribution in [0, 0.1) is 11.8 Å². The van der Waals surface area contributed by atoms with Crippen molar-refractivity contribution < 1.29 is 14.7 Å². The third kappa shape index (κ3) is 5.09. The van der Waals surface area contributed by atoms with Gasteiger partial charge in [-0.25, -0.2) is 4.79 Å². The lowest BCUT2D eigenvalue weighted by Gasteiger charge is -2.19. The summed E-state index contributed by atoms with van der Waals surface area (Å²) < 4.78 is 0. The number of carbonyl (C=O) groups is 2. The van der Waals surface area contributed by atoms with Gasteiger partial charge in [-0.15, -0.1) is 0 Å². The molecule has 1 heterocycles. The van der Waals surface area contributed by atoms with Crippen LogP contribution in [0.3, 0.4) is 0 Å². The number of hydrogen-bond donors (Lipinski definition) is 2. The van der Waals surface area contributed by atoms with E-state index in [0.717, 1.165) is 38.8 Å². The summed E-state index contributed by atoms with van der Waals surface area (Å²) in [6, 6.07) is -0.110. The van der Waals surface area contributed by atoms with Crippen molar-refractivity contribution in [3.8, 4) is 0 Å². The van der Waals surface area contributed by atoms with Crippen molar-refractivity contribution in [3.05, 3.63) is 0 Å². The fourth-order valence-electron chi connectivity index (χ4n) is 2.64. The Hall–Kier alpha value is -1.26. The zero-order valence-corrected chi connectivity index (χ0v) is 12.0. The Morgan fingerprint density at radius 3 is 2.68 bits per heavy atom. The average molecular weight is 270 g/mol. The number of likely N-dealkylation sites (tertiary alicyclic amines) is 1. The molecule has 0 spiro atoms. The first-order valence-corrected chi connectivity index (χ1v) is 7.34. The molecule has 0 radical (unpaired) electrons. The highest BCUT2D eigenvalue weighted by Gasteiger charge is 2.26. The van der Waals surface area contributed by atoms with E-state index in [4.69, 9.17) is 5.11 Å². The van der Waals surface area contributed by atoms with Crippen LogP contribution in [0.15, 0.2) is 0 Å². The minimum atomic E-state index is -0.826. The lowest BCUT2D eigenvalue weighted by atomic mass is 10.0. The molecule has 19 heavy (non-hydrogen) atoms. The smallest absolute Gasteiger partial charge is 0.317 e. The molecule has 1 fully saturated rings. The monoisotopic (exact) mass is 270 g/mol. The van der Waals surface area contributed by atoms with Crippen LogP contribution in [0.4, 0.5) is 4.79 Å². The largest absolute Gasteiger partial charge is 0.481 e. The maximum Gasteiger partial charge on any atom is 0.317 e. The molecule has 0 aliphatic carbocycles. The van der Waals surface area contributed by atoms with Crippen LogP contribution in [0.25, 0.3) is 0 Å². The van der Waals surface area contributed by atoms with E-state index in [0.29, 0.717) is 12.3 Å². The maximum atomic E-state index is 11.9. The molecule has 2 amide bonds. The first kappa shape index (κ1) is 15.8. The summed E-state index contributed by atoms with van der Waals surface area (Å²) in [5.74, 6) is -0.683. The van der Waals surface area contributed by atoms with Crippen molar-refractivity contribution in [3.63, 3.8) is 0 Å². The average Bonchev–Trinajstić information content (AvgIpc) is 2.83. The first-order valence-electron chi connectivity index (χ1n) is 7.34. The highest BCUT2D eigenvalue weighted by molar-refractivity contribution is 5.76. The summed E-state index contributed by atoms with van der Waals surface area (Å²) >= 11 is 0. The van der Waals surface area contributed by atoms with Crippen LogP contribution in [-0.2, 0) is 4.79 Å². The van der Waals surface area contributed by atoms with E-state index in [1.807, 2.05) is 11.8 Å². The fourth-order valence-corrected chi connectivity index (χ4v) is 2.64. The summed E-state index contributed by atoms with van der Waals surface area (Å²) in [4.78, 5) is 24.8. The van der Waals surface area contributed by atoms with Crippen LogP contribution < -0.4 is 5.32 Å². The van der Waals surface area contributed by atoms with E-state index in [9.17, 15) is 9.59 Å². The Morgan fingerprint density at radius 2 is 2.11 bits per heavy atom. The van der Waals surface area contributed by atoms with Crippen LogP contribution in [-0.4, -0.2) is 41.6 Å². The molecule has 110 valence electrons. The molecule has 1 rings (SSSR count). The van der Waals surface area contributed by atoms with Crippen molar-refractivity contribution in [1.29, 1.82) is 0 Å². The molecule has 0 bridgehead atoms. The molecule has 0 saturated carbocycles. The number of rotatable bonds is 7. The van der Waals surface area contributed by atoms with Gasteiger partial charge in [0.15, 0.2) is 0 Å². The summed E-state index contributed by atoms with van der Waals surface area (Å²) in [5.41, 5.74) is 0. The minimum absolute atomic E-state index is 0.110. The number of amides is 2. The summed E-state index contributed by atoms with van der Waals surface area (Å²) in [7, 11) is 0. The zero-order valence-electron chi connectivity index (χ0n) is 12.0. The topological polar surface area (TPSA) is 69.6 Å². The molecule has 1 aliphatic rings. The van der Waals surface area contributed by atoms with Crippen LogP contribution in [0.2, 0.25) is 0 Å². The Kier molecular flexibility index (Phi) is 6.67. The lowest BCUT2D eigenvalue weighted by Crippen LogP contribution is -2.41. The summed E-state index contributed by atoms with van der Waals surface area (Å²) in [5, 5.41) is 11.8. The van der Waals surface area contributed by atoms with Gasteiger partial charge < -0.3 is 15.3 Å². The molecule has 1 saturated heterocycles. The minimum Gasteiger partial charge on any atom is -0.481 e. The SMILES string of the molecule is CCCC1CCN(C(=O)NCC(CCC)C(=O)O)C1. The second-order valence-electron chi connectivity index (χ2n) is 5.40. The number of aliphatic carboxylic acids is 1. The van der Waals surface area contributed by atoms with E-state index in [2.05, 4.69) is 12.2 Å². The lowest BCUT2D eigenvalue weighted by molar-refractivity contribution is -0.141. The van der Waals surface area contributed by atoms with E-state index >= 15 is 0 Å². The summed E-state index contributed by atoms with van der Waals surface area (Å²) in [6.07, 6.45) is 4.80. The van der Waals surface area contributed by atoms with Gasteiger partial charge in [0.2, 0.25) is 0 Å². The normalized spacial score (nSPS) is 20.3. The summed E-state index contributed by atoms with van der Waals surface area (Å²) in [6.45, 7) is 5.95. The van der Waals surface area contributed by atoms with E-state index < -0.39 is 11.9 Å². The molecular formula is C14H26N2O3. The highest BCUT2D eigenvalue weighted by atomic mass is 16.4. The maximum absolute atomic E-state index is 11.9. The number of urea groups is 1. The standard InChI is InChI=1S/C14H26N2O3/c1-3-5-11-7-8-16(10-11)14(19)15-9-12(6-4-2)13(17)18/h11-12H,3-10H2,1-2H3,(H,15,19)(H,17,18). The molecule has 1 aliphatic heterocycles. The van der Waals surface area contributed by atoms with Gasteiger partial charge in [-0.1, -0.05) is 26.7 Å². The number of nitrogens with zero attached hydrogens (tertiary/aromatic N) is 1. The van der Waals surface area contributed by atoms with E-state index in [-0.39, 0.29) is 12.6 Å². The van der Waals surface area contributed by atoms with Crippen molar-refractivity contribution in [2.75, 3.05) is 19.6 Å². The van der Waals surface area contributed by atoms with Gasteiger partial charge in [-0.3, -0.25) is 4.79 Å². The molecule has 2 N–H and O–H groups in total. The van der Waals surface area contributed by atoms with Gasteiger partial charge in [0, 0.05) is 19.6 Å². The van der Waals surface area contributed by atoms with E-state index in [1.165, 1.54) is 0 Å². The number of hydrogen-bond acceptors (Lipinski definition) is 2. The van der Waals surface area contributed by atoms with Gasteiger partial charge >= 0.3 is 12.0 Å². The van der Waals surface area contributed by atoms with Crippen LogP contribution in [0.1, 0.15) is 46.0 Å². The molecule has 2 atom stereocenters. The number of carboxylic acids is 1. The third-order valence-electron chi connectivity index (χ3n) is 3.76. The Bertz CT molecular complexity index is 307. The predicted octanol–water partition coefficient (Wildman–Crippen LogP) is 2.32. The predicted molar refractivity (Wildman–Crippen MR) is 74.0 cm³/mol. The van der Waals surface area contributed by atoms with Gasteiger partial charge in [-0.05, 0) is 25.2 Å². The van der Waals surface area contributed by atoms with Crippen molar-refractivity contribution in [2.24, 2.45) is 11.8 Å². The van der Waals surface area contributed by atoms with Crippen molar-refractivity contribution in [1.82, 2.24) is 10.2 Å². The van der Waals surface area contributed by atoms with Crippen LogP contribution in [0.5, 0.6) is 0 Å². The Morgan fingerprint density at radius 1 is 1.37 bits per heavy atom. The van der Waals surface area contributed by atoms with E-state index in [1.54, 1.807) is 0 Å². The third-order valence-corrected chi connectivity index (χ3v) is 3.76. The first-order chi connectivity index (χ1) is 9.08. The molecule has 5 nitrogen and oxygen atoms in total. The Labute approximate surface area is 115 Å². The Balaban J connectivity index is 2.33. The van der Waals surface area contributed by atoms with Crippen molar-refractivity contribution in [2.45, 2.75) is 46.0 Å². The number of carbonyl (C=O) groups excluding carboxylic acids is 1. The highest BCUT2D eigenvalue weighted by Crippen LogP contribution is 2.20. The fraction of sp³-hybridized carbons (Fsp3) is 0.857. The second-order valence-corrected chi connectivity index (χ2v) is 5.40. The number of nitrogens with one attached hydrogen (secondary N) is 1. The van der Waals surface area contributed by atoms with Gasteiger partial charge in [-0.2, -0.15) is 0 Å². The quantitative estimate of drug-likeness (QED) is 0.746. The molecule has 0 aromatic rings. The molecule has 0 aromatic carbocycles. The van der Waals surface area contributed by atoms with Gasteiger partial charge in [0.05, 0.1) is 5.92 Å². The molecule has 5 heteroatoms. The van der Waals surface area contributed by atoms with Crippen molar-refractivity contribution >= 4 is 12.0 Å². The molecule has 2 unspecified atom stereocenters. The number of carboxylic acid groups (broad SMARTS) is 1.